The van der Waals surface area contributed by atoms with Gasteiger partial charge in [0.15, 0.2) is 0 Å². The van der Waals surface area contributed by atoms with Crippen molar-refractivity contribution in [2.75, 3.05) is 29.9 Å². The molecule has 1 aliphatic heterocycles. The van der Waals surface area contributed by atoms with Crippen LogP contribution in [-0.2, 0) is 0 Å². The van der Waals surface area contributed by atoms with Crippen molar-refractivity contribution in [2.24, 2.45) is 5.92 Å². The van der Waals surface area contributed by atoms with E-state index < -0.39 is 4.92 Å². The molecule has 1 aromatic carbocycles. The lowest BCUT2D eigenvalue weighted by atomic mass is 9.98. The van der Waals surface area contributed by atoms with E-state index in [1.807, 2.05) is 6.07 Å². The van der Waals surface area contributed by atoms with Crippen molar-refractivity contribution in [1.82, 2.24) is 9.97 Å². The Morgan fingerprint density at radius 1 is 1.40 bits per heavy atom. The molecule has 0 saturated carbocycles. The normalized spacial score (nSPS) is 16.9. The van der Waals surface area contributed by atoms with Crippen LogP contribution in [0.2, 0.25) is 0 Å². The van der Waals surface area contributed by atoms with E-state index in [0.29, 0.717) is 5.92 Å². The second-order valence-corrected chi connectivity index (χ2v) is 5.98. The molecule has 0 spiro atoms. The van der Waals surface area contributed by atoms with Crippen molar-refractivity contribution in [3.05, 3.63) is 52.3 Å². The van der Waals surface area contributed by atoms with Crippen molar-refractivity contribution in [3.63, 3.8) is 0 Å². The zero-order chi connectivity index (χ0) is 17.6. The molecule has 8 heteroatoms. The number of hydrogen-bond donors (Lipinski definition) is 1. The summed E-state index contributed by atoms with van der Waals surface area (Å²) in [5.74, 6) is 1.16. The van der Waals surface area contributed by atoms with Gasteiger partial charge in [0, 0.05) is 43.8 Å². The first-order chi connectivity index (χ1) is 12.2. The second-order valence-electron chi connectivity index (χ2n) is 5.98. The quantitative estimate of drug-likeness (QED) is 0.659. The number of nitriles is 1. The first-order valence-corrected chi connectivity index (χ1v) is 8.12. The van der Waals surface area contributed by atoms with Gasteiger partial charge in [-0.25, -0.2) is 9.97 Å². The summed E-state index contributed by atoms with van der Waals surface area (Å²) in [6.45, 7) is 2.53. The molecule has 1 atom stereocenters. The monoisotopic (exact) mass is 338 g/mol. The van der Waals surface area contributed by atoms with Crippen LogP contribution in [-0.4, -0.2) is 34.5 Å². The summed E-state index contributed by atoms with van der Waals surface area (Å²) in [7, 11) is 0. The molecule has 1 aromatic heterocycles. The molecule has 0 amide bonds. The van der Waals surface area contributed by atoms with E-state index in [1.54, 1.807) is 24.5 Å². The Balaban J connectivity index is 1.62. The number of nitro benzene ring substituents is 1. The number of piperidine rings is 1. The van der Waals surface area contributed by atoms with Gasteiger partial charge in [-0.15, -0.1) is 0 Å². The van der Waals surface area contributed by atoms with Gasteiger partial charge < -0.3 is 10.2 Å². The van der Waals surface area contributed by atoms with Crippen LogP contribution in [0.15, 0.2) is 36.7 Å². The van der Waals surface area contributed by atoms with E-state index in [4.69, 9.17) is 5.26 Å². The highest BCUT2D eigenvalue weighted by molar-refractivity contribution is 5.58. The maximum atomic E-state index is 10.9. The molecule has 0 aliphatic carbocycles. The Morgan fingerprint density at radius 3 is 2.92 bits per heavy atom. The van der Waals surface area contributed by atoms with E-state index >= 15 is 0 Å². The average Bonchev–Trinajstić information content (AvgIpc) is 2.67. The predicted molar refractivity (Wildman–Crippen MR) is 93.3 cm³/mol. The van der Waals surface area contributed by atoms with E-state index in [9.17, 15) is 10.1 Å². The Hall–Kier alpha value is -3.21. The van der Waals surface area contributed by atoms with Gasteiger partial charge in [0.2, 0.25) is 5.95 Å². The van der Waals surface area contributed by atoms with Crippen molar-refractivity contribution >= 4 is 17.3 Å². The number of hydrogen-bond acceptors (Lipinski definition) is 7. The molecule has 1 saturated heterocycles. The van der Waals surface area contributed by atoms with Crippen LogP contribution in [0.1, 0.15) is 18.4 Å². The third-order valence-corrected chi connectivity index (χ3v) is 4.26. The number of benzene rings is 1. The molecule has 3 rings (SSSR count). The predicted octanol–water partition coefficient (Wildman–Crippen LogP) is 2.58. The van der Waals surface area contributed by atoms with Crippen molar-refractivity contribution < 1.29 is 4.92 Å². The van der Waals surface area contributed by atoms with Crippen molar-refractivity contribution in [3.8, 4) is 6.07 Å². The molecular formula is C17H18N6O2. The minimum atomic E-state index is -0.540. The third kappa shape index (κ3) is 4.01. The molecule has 0 bridgehead atoms. The van der Waals surface area contributed by atoms with Gasteiger partial charge >= 0.3 is 0 Å². The zero-order valence-electron chi connectivity index (χ0n) is 13.6. The largest absolute Gasteiger partial charge is 0.385 e. The molecule has 1 aliphatic rings. The molecule has 0 unspecified atom stereocenters. The summed E-state index contributed by atoms with van der Waals surface area (Å²) in [4.78, 5) is 21.1. The average molecular weight is 338 g/mol. The zero-order valence-corrected chi connectivity index (χ0v) is 13.6. The lowest BCUT2D eigenvalue weighted by molar-refractivity contribution is -0.385. The first kappa shape index (κ1) is 16.6. The summed E-state index contributed by atoms with van der Waals surface area (Å²) in [6.07, 6.45) is 5.64. The first-order valence-electron chi connectivity index (χ1n) is 8.12. The van der Waals surface area contributed by atoms with E-state index in [1.165, 1.54) is 12.1 Å². The fourth-order valence-electron chi connectivity index (χ4n) is 3.02. The van der Waals surface area contributed by atoms with Crippen molar-refractivity contribution in [1.29, 1.82) is 5.26 Å². The Labute approximate surface area is 145 Å². The molecule has 8 nitrogen and oxygen atoms in total. The summed E-state index contributed by atoms with van der Waals surface area (Å²) < 4.78 is 0. The van der Waals surface area contributed by atoms with Crippen LogP contribution < -0.4 is 10.2 Å². The molecule has 1 N–H and O–H groups in total. The summed E-state index contributed by atoms with van der Waals surface area (Å²) in [5, 5.41) is 23.2. The fraction of sp³-hybridized carbons (Fsp3) is 0.353. The van der Waals surface area contributed by atoms with E-state index in [-0.39, 0.29) is 11.3 Å². The molecule has 0 radical (unpaired) electrons. The lowest BCUT2D eigenvalue weighted by Gasteiger charge is -2.32. The Bertz CT molecular complexity index is 789. The van der Waals surface area contributed by atoms with Crippen LogP contribution in [0.4, 0.5) is 17.3 Å². The SMILES string of the molecule is N#Cc1cc(NC[C@H]2CCCN(c3ncccn3)C2)ccc1[N+](=O)[O-]. The molecule has 128 valence electrons. The van der Waals surface area contributed by atoms with Crippen LogP contribution in [0.5, 0.6) is 0 Å². The third-order valence-electron chi connectivity index (χ3n) is 4.26. The summed E-state index contributed by atoms with van der Waals surface area (Å²) >= 11 is 0. The van der Waals surface area contributed by atoms with Gasteiger partial charge in [-0.3, -0.25) is 10.1 Å². The molecule has 2 aromatic rings. The number of nitro groups is 1. The van der Waals surface area contributed by atoms with Gasteiger partial charge in [-0.2, -0.15) is 5.26 Å². The highest BCUT2D eigenvalue weighted by Crippen LogP contribution is 2.24. The number of nitrogens with zero attached hydrogens (tertiary/aromatic N) is 5. The molecule has 25 heavy (non-hydrogen) atoms. The Morgan fingerprint density at radius 2 is 2.20 bits per heavy atom. The van der Waals surface area contributed by atoms with Crippen LogP contribution in [0.25, 0.3) is 0 Å². The van der Waals surface area contributed by atoms with Gasteiger partial charge in [0.1, 0.15) is 11.6 Å². The summed E-state index contributed by atoms with van der Waals surface area (Å²) in [6, 6.07) is 8.21. The smallest absolute Gasteiger partial charge is 0.287 e. The second kappa shape index (κ2) is 7.57. The molecule has 1 fully saturated rings. The summed E-state index contributed by atoms with van der Waals surface area (Å²) in [5.41, 5.74) is 0.617. The van der Waals surface area contributed by atoms with Gasteiger partial charge in [0.25, 0.3) is 5.69 Å². The van der Waals surface area contributed by atoms with Crippen LogP contribution in [0, 0.1) is 27.4 Å². The molecule has 2 heterocycles. The van der Waals surface area contributed by atoms with Crippen LogP contribution >= 0.6 is 0 Å². The van der Waals surface area contributed by atoms with Crippen molar-refractivity contribution in [2.45, 2.75) is 12.8 Å². The lowest BCUT2D eigenvalue weighted by Crippen LogP contribution is -2.39. The molecular weight excluding hydrogens is 320 g/mol. The number of nitrogens with one attached hydrogen (secondary N) is 1. The minimum absolute atomic E-state index is 0.0676. The van der Waals surface area contributed by atoms with E-state index in [0.717, 1.165) is 44.1 Å². The number of anilines is 2. The Kier molecular flexibility index (Phi) is 5.04. The standard InChI is InChI=1S/C17H18N6O2/c18-10-14-9-15(4-5-16(14)23(24)25)21-11-13-3-1-8-22(12-13)17-19-6-2-7-20-17/h2,4-7,9,13,21H,1,3,8,11-12H2/t13-/m1/s1. The van der Waals surface area contributed by atoms with Crippen LogP contribution in [0.3, 0.4) is 0 Å². The highest BCUT2D eigenvalue weighted by atomic mass is 16.6. The van der Waals surface area contributed by atoms with Gasteiger partial charge in [0.05, 0.1) is 4.92 Å². The maximum Gasteiger partial charge on any atom is 0.287 e. The van der Waals surface area contributed by atoms with Gasteiger partial charge in [-0.05, 0) is 37.0 Å². The van der Waals surface area contributed by atoms with E-state index in [2.05, 4.69) is 20.2 Å². The number of rotatable bonds is 5. The number of aromatic nitrogens is 2. The fourth-order valence-corrected chi connectivity index (χ4v) is 3.02. The maximum absolute atomic E-state index is 10.9. The highest BCUT2D eigenvalue weighted by Gasteiger charge is 2.21. The topological polar surface area (TPSA) is 108 Å². The van der Waals surface area contributed by atoms with Gasteiger partial charge in [-0.1, -0.05) is 0 Å². The minimum Gasteiger partial charge on any atom is -0.385 e.